The zero-order valence-electron chi connectivity index (χ0n) is 18.4. The second-order valence-corrected chi connectivity index (χ2v) is 9.62. The van der Waals surface area contributed by atoms with Crippen LogP contribution in [-0.4, -0.2) is 45.4 Å². The van der Waals surface area contributed by atoms with E-state index < -0.39 is 10.2 Å². The van der Waals surface area contributed by atoms with E-state index in [1.807, 2.05) is 31.2 Å². The highest BCUT2D eigenvalue weighted by Gasteiger charge is 2.35. The number of methoxy groups -OCH3 is 1. The maximum absolute atomic E-state index is 13.3. The number of piperidine rings is 1. The average Bonchev–Trinajstić information content (AvgIpc) is 2.79. The molecule has 8 heteroatoms. The van der Waals surface area contributed by atoms with Gasteiger partial charge in [-0.1, -0.05) is 29.8 Å². The van der Waals surface area contributed by atoms with Crippen LogP contribution in [0.15, 0.2) is 48.5 Å². The molecule has 3 rings (SSSR count). The summed E-state index contributed by atoms with van der Waals surface area (Å²) in [5.74, 6) is 0.206. The molecule has 1 N–H and O–H groups in total. The van der Waals surface area contributed by atoms with Gasteiger partial charge in [0.15, 0.2) is 0 Å². The minimum atomic E-state index is -3.74. The number of hydrogen-bond acceptors (Lipinski definition) is 4. The van der Waals surface area contributed by atoms with Gasteiger partial charge in [-0.3, -0.25) is 9.10 Å². The third-order valence-corrected chi connectivity index (χ3v) is 7.60. The first-order chi connectivity index (χ1) is 14.8. The quantitative estimate of drug-likeness (QED) is 0.677. The first kappa shape index (κ1) is 23.1. The van der Waals surface area contributed by atoms with Crippen molar-refractivity contribution in [3.05, 3.63) is 59.7 Å². The monoisotopic (exact) mass is 445 g/mol. The van der Waals surface area contributed by atoms with Gasteiger partial charge in [0.1, 0.15) is 5.75 Å². The van der Waals surface area contributed by atoms with E-state index in [1.54, 1.807) is 38.3 Å². The molecule has 0 aromatic heterocycles. The Balaban J connectivity index is 1.66. The Labute approximate surface area is 185 Å². The van der Waals surface area contributed by atoms with Crippen LogP contribution < -0.4 is 14.4 Å². The van der Waals surface area contributed by atoms with E-state index >= 15 is 0 Å². The lowest BCUT2D eigenvalue weighted by Crippen LogP contribution is -2.50. The SMILES string of the molecule is CCN(c1ccc(OC)cc1)S(=O)(=O)N1CCC[C@H](C(=O)NCc2ccc(C)cc2)C1. The molecule has 2 aromatic rings. The number of anilines is 1. The van der Waals surface area contributed by atoms with Gasteiger partial charge < -0.3 is 10.1 Å². The number of carbonyl (C=O) groups excluding carboxylic acids is 1. The summed E-state index contributed by atoms with van der Waals surface area (Å²) in [5, 5.41) is 2.96. The molecule has 1 saturated heterocycles. The van der Waals surface area contributed by atoms with Crippen molar-refractivity contribution < 1.29 is 17.9 Å². The molecule has 0 spiro atoms. The van der Waals surface area contributed by atoms with Crippen molar-refractivity contribution in [2.24, 2.45) is 5.92 Å². The molecule has 2 aromatic carbocycles. The van der Waals surface area contributed by atoms with Gasteiger partial charge in [0.2, 0.25) is 5.91 Å². The predicted molar refractivity (Wildman–Crippen MR) is 122 cm³/mol. The standard InChI is InChI=1S/C23H31N3O4S/c1-4-26(21-11-13-22(30-3)14-12-21)31(28,29)25-15-5-6-20(17-25)23(27)24-16-19-9-7-18(2)8-10-19/h7-14,20H,4-6,15-17H2,1-3H3,(H,24,27)/t20-/m0/s1. The summed E-state index contributed by atoms with van der Waals surface area (Å²) in [6.07, 6.45) is 1.34. The highest BCUT2D eigenvalue weighted by molar-refractivity contribution is 7.90. The summed E-state index contributed by atoms with van der Waals surface area (Å²) >= 11 is 0. The Kier molecular flexibility index (Phi) is 7.56. The van der Waals surface area contributed by atoms with E-state index in [0.717, 1.165) is 5.56 Å². The highest BCUT2D eigenvalue weighted by Crippen LogP contribution is 2.26. The van der Waals surface area contributed by atoms with E-state index in [9.17, 15) is 13.2 Å². The minimum absolute atomic E-state index is 0.104. The van der Waals surface area contributed by atoms with Crippen molar-refractivity contribution in [2.75, 3.05) is 31.0 Å². The summed E-state index contributed by atoms with van der Waals surface area (Å²) in [7, 11) is -2.17. The topological polar surface area (TPSA) is 79.0 Å². The average molecular weight is 446 g/mol. The van der Waals surface area contributed by atoms with Gasteiger partial charge >= 0.3 is 10.2 Å². The molecule has 1 atom stereocenters. The van der Waals surface area contributed by atoms with Crippen LogP contribution in [0.5, 0.6) is 5.75 Å². The molecule has 0 radical (unpaired) electrons. The zero-order valence-corrected chi connectivity index (χ0v) is 19.2. The molecule has 0 aliphatic carbocycles. The Hall–Kier alpha value is -2.58. The molecule has 0 saturated carbocycles. The molecule has 0 bridgehead atoms. The molecule has 1 heterocycles. The van der Waals surface area contributed by atoms with Crippen molar-refractivity contribution in [1.82, 2.24) is 9.62 Å². The maximum Gasteiger partial charge on any atom is 0.304 e. The second kappa shape index (κ2) is 10.2. The number of benzene rings is 2. The van der Waals surface area contributed by atoms with E-state index in [2.05, 4.69) is 5.32 Å². The summed E-state index contributed by atoms with van der Waals surface area (Å²) in [4.78, 5) is 12.7. The minimum Gasteiger partial charge on any atom is -0.497 e. The van der Waals surface area contributed by atoms with Crippen molar-refractivity contribution >= 4 is 21.8 Å². The molecule has 168 valence electrons. The number of nitrogens with zero attached hydrogens (tertiary/aromatic N) is 2. The first-order valence-electron chi connectivity index (χ1n) is 10.6. The molecular weight excluding hydrogens is 414 g/mol. The van der Waals surface area contributed by atoms with Gasteiger partial charge in [-0.05, 0) is 56.5 Å². The predicted octanol–water partition coefficient (Wildman–Crippen LogP) is 3.10. The fourth-order valence-electron chi connectivity index (χ4n) is 3.77. The lowest BCUT2D eigenvalue weighted by molar-refractivity contribution is -0.126. The third kappa shape index (κ3) is 5.57. The molecule has 7 nitrogen and oxygen atoms in total. The normalized spacial score (nSPS) is 17.2. The van der Waals surface area contributed by atoms with Gasteiger partial charge in [-0.2, -0.15) is 12.7 Å². The molecule has 1 aliphatic rings. The fourth-order valence-corrected chi connectivity index (χ4v) is 5.49. The van der Waals surface area contributed by atoms with Crippen molar-refractivity contribution in [2.45, 2.75) is 33.2 Å². The van der Waals surface area contributed by atoms with Crippen LogP contribution in [0.25, 0.3) is 0 Å². The number of amides is 1. The smallest absolute Gasteiger partial charge is 0.304 e. The molecular formula is C23H31N3O4S. The van der Waals surface area contributed by atoms with Gasteiger partial charge in [0.25, 0.3) is 0 Å². The fraction of sp³-hybridized carbons (Fsp3) is 0.435. The van der Waals surface area contributed by atoms with E-state index in [0.29, 0.717) is 43.9 Å². The van der Waals surface area contributed by atoms with E-state index in [4.69, 9.17) is 4.74 Å². The third-order valence-electron chi connectivity index (χ3n) is 5.59. The Bertz CT molecular complexity index is 975. The van der Waals surface area contributed by atoms with Crippen LogP contribution in [0.2, 0.25) is 0 Å². The van der Waals surface area contributed by atoms with Crippen LogP contribution in [0.4, 0.5) is 5.69 Å². The first-order valence-corrected chi connectivity index (χ1v) is 12.0. The van der Waals surface area contributed by atoms with E-state index in [1.165, 1.54) is 14.2 Å². The summed E-state index contributed by atoms with van der Waals surface area (Å²) in [6.45, 7) is 5.17. The Morgan fingerprint density at radius 1 is 1.16 bits per heavy atom. The molecule has 1 fully saturated rings. The summed E-state index contributed by atoms with van der Waals surface area (Å²) < 4.78 is 34.6. The van der Waals surface area contributed by atoms with Crippen molar-refractivity contribution in [3.8, 4) is 5.75 Å². The maximum atomic E-state index is 13.3. The molecule has 0 unspecified atom stereocenters. The van der Waals surface area contributed by atoms with Crippen molar-refractivity contribution in [3.63, 3.8) is 0 Å². The summed E-state index contributed by atoms with van der Waals surface area (Å²) in [6, 6.07) is 14.9. The largest absolute Gasteiger partial charge is 0.497 e. The van der Waals surface area contributed by atoms with Crippen molar-refractivity contribution in [1.29, 1.82) is 0 Å². The molecule has 31 heavy (non-hydrogen) atoms. The van der Waals surface area contributed by atoms with Gasteiger partial charge in [-0.15, -0.1) is 0 Å². The van der Waals surface area contributed by atoms with Crippen LogP contribution in [0.1, 0.15) is 30.9 Å². The number of carbonyl (C=O) groups is 1. The highest BCUT2D eigenvalue weighted by atomic mass is 32.2. The van der Waals surface area contributed by atoms with E-state index in [-0.39, 0.29) is 18.4 Å². The van der Waals surface area contributed by atoms with Crippen LogP contribution in [0, 0.1) is 12.8 Å². The molecule has 1 aliphatic heterocycles. The van der Waals surface area contributed by atoms with Crippen LogP contribution >= 0.6 is 0 Å². The number of nitrogens with one attached hydrogen (secondary N) is 1. The second-order valence-electron chi connectivity index (χ2n) is 7.77. The summed E-state index contributed by atoms with van der Waals surface area (Å²) in [5.41, 5.74) is 2.77. The Morgan fingerprint density at radius 3 is 2.45 bits per heavy atom. The van der Waals surface area contributed by atoms with Gasteiger partial charge in [0.05, 0.1) is 18.7 Å². The number of aryl methyl sites for hydroxylation is 1. The number of rotatable bonds is 8. The zero-order chi connectivity index (χ0) is 22.4. The number of hydrogen-bond donors (Lipinski definition) is 1. The van der Waals surface area contributed by atoms with Gasteiger partial charge in [0, 0.05) is 26.2 Å². The molecule has 1 amide bonds. The lowest BCUT2D eigenvalue weighted by Gasteiger charge is -2.35. The Morgan fingerprint density at radius 2 is 1.84 bits per heavy atom. The van der Waals surface area contributed by atoms with Crippen LogP contribution in [0.3, 0.4) is 0 Å². The van der Waals surface area contributed by atoms with Gasteiger partial charge in [-0.25, -0.2) is 0 Å². The number of ether oxygens (including phenoxy) is 1. The van der Waals surface area contributed by atoms with Crippen LogP contribution in [-0.2, 0) is 21.5 Å². The lowest BCUT2D eigenvalue weighted by atomic mass is 9.98.